The lowest BCUT2D eigenvalue weighted by Crippen LogP contribution is -2.37. The lowest BCUT2D eigenvalue weighted by molar-refractivity contribution is 0.109. The number of nitrogens with two attached hydrogens (primary N) is 1. The van der Waals surface area contributed by atoms with Crippen molar-refractivity contribution >= 4 is 5.69 Å². The van der Waals surface area contributed by atoms with Gasteiger partial charge in [-0.2, -0.15) is 0 Å². The Bertz CT molecular complexity index is 365. The van der Waals surface area contributed by atoms with Gasteiger partial charge in [0.1, 0.15) is 0 Å². The van der Waals surface area contributed by atoms with E-state index < -0.39 is 0 Å². The number of anilines is 1. The van der Waals surface area contributed by atoms with Gasteiger partial charge < -0.3 is 5.73 Å². The molecule has 1 aromatic carbocycles. The lowest BCUT2D eigenvalue weighted by Gasteiger charge is -2.39. The van der Waals surface area contributed by atoms with Gasteiger partial charge in [0.25, 0.3) is 0 Å². The molecule has 1 saturated heterocycles. The fourth-order valence-electron chi connectivity index (χ4n) is 2.55. The monoisotopic (exact) mass is 232 g/mol. The molecule has 0 atom stereocenters. The maximum absolute atomic E-state index is 5.81. The minimum absolute atomic E-state index is 0.576. The van der Waals surface area contributed by atoms with Crippen LogP contribution < -0.4 is 5.73 Å². The van der Waals surface area contributed by atoms with Crippen molar-refractivity contribution in [1.29, 1.82) is 0 Å². The van der Waals surface area contributed by atoms with Crippen LogP contribution in [0.5, 0.6) is 0 Å². The van der Waals surface area contributed by atoms with E-state index in [0.29, 0.717) is 5.41 Å². The first-order valence-electron chi connectivity index (χ1n) is 6.68. The smallest absolute Gasteiger partial charge is 0.0317 e. The Balaban J connectivity index is 1.90. The second-order valence-corrected chi connectivity index (χ2v) is 5.69. The van der Waals surface area contributed by atoms with E-state index in [4.69, 9.17) is 5.73 Å². The molecule has 94 valence electrons. The summed E-state index contributed by atoms with van der Waals surface area (Å²) in [5.74, 6) is 0. The van der Waals surface area contributed by atoms with Crippen LogP contribution >= 0.6 is 0 Å². The summed E-state index contributed by atoms with van der Waals surface area (Å²) in [4.78, 5) is 2.55. The molecule has 2 nitrogen and oxygen atoms in total. The summed E-state index contributed by atoms with van der Waals surface area (Å²) >= 11 is 0. The highest BCUT2D eigenvalue weighted by molar-refractivity contribution is 5.40. The molecule has 0 aliphatic carbocycles. The maximum Gasteiger partial charge on any atom is 0.0317 e. The Labute approximate surface area is 105 Å². The van der Waals surface area contributed by atoms with Crippen LogP contribution in [-0.4, -0.2) is 18.0 Å². The van der Waals surface area contributed by atoms with E-state index in [1.54, 1.807) is 0 Å². The Hall–Kier alpha value is -1.02. The molecule has 0 amide bonds. The normalized spacial score (nSPS) is 20.4. The molecule has 0 bridgehead atoms. The van der Waals surface area contributed by atoms with Crippen LogP contribution in [-0.2, 0) is 6.54 Å². The summed E-state index contributed by atoms with van der Waals surface area (Å²) in [6.45, 7) is 8.22. The Kier molecular flexibility index (Phi) is 3.72. The third-order valence-corrected chi connectivity index (χ3v) is 4.27. The molecule has 0 unspecified atom stereocenters. The van der Waals surface area contributed by atoms with Crippen LogP contribution in [0.4, 0.5) is 5.69 Å². The minimum Gasteiger partial charge on any atom is -0.399 e. The molecule has 1 aromatic rings. The van der Waals surface area contributed by atoms with E-state index in [-0.39, 0.29) is 0 Å². The molecule has 1 aliphatic heterocycles. The highest BCUT2D eigenvalue weighted by Crippen LogP contribution is 2.34. The van der Waals surface area contributed by atoms with Crippen molar-refractivity contribution in [2.24, 2.45) is 5.41 Å². The molecule has 0 saturated carbocycles. The number of piperidine rings is 1. The van der Waals surface area contributed by atoms with E-state index in [2.05, 4.69) is 30.9 Å². The molecule has 0 radical (unpaired) electrons. The van der Waals surface area contributed by atoms with Gasteiger partial charge in [-0.1, -0.05) is 32.4 Å². The molecule has 2 N–H and O–H groups in total. The van der Waals surface area contributed by atoms with Gasteiger partial charge in [-0.05, 0) is 49.0 Å². The van der Waals surface area contributed by atoms with Crippen LogP contribution in [0.3, 0.4) is 0 Å². The Morgan fingerprint density at radius 2 is 2.00 bits per heavy atom. The van der Waals surface area contributed by atoms with E-state index in [1.165, 1.54) is 37.9 Å². The van der Waals surface area contributed by atoms with Crippen molar-refractivity contribution < 1.29 is 0 Å². The predicted octanol–water partition coefficient (Wildman–Crippen LogP) is 3.28. The third-order valence-electron chi connectivity index (χ3n) is 4.27. The number of nitrogens with zero attached hydrogens (tertiary/aromatic N) is 1. The molecular formula is C15H24N2. The van der Waals surface area contributed by atoms with E-state index in [9.17, 15) is 0 Å². The zero-order chi connectivity index (χ0) is 12.3. The molecule has 17 heavy (non-hydrogen) atoms. The summed E-state index contributed by atoms with van der Waals surface area (Å²) < 4.78 is 0. The van der Waals surface area contributed by atoms with Crippen molar-refractivity contribution in [2.45, 2.75) is 39.7 Å². The third kappa shape index (κ3) is 3.22. The molecule has 1 aliphatic rings. The van der Waals surface area contributed by atoms with E-state index in [1.807, 2.05) is 12.1 Å². The highest BCUT2D eigenvalue weighted by atomic mass is 15.1. The van der Waals surface area contributed by atoms with Crippen molar-refractivity contribution in [3.63, 3.8) is 0 Å². The topological polar surface area (TPSA) is 29.3 Å². The van der Waals surface area contributed by atoms with E-state index in [0.717, 1.165) is 12.2 Å². The zero-order valence-electron chi connectivity index (χ0n) is 11.1. The van der Waals surface area contributed by atoms with Gasteiger partial charge in [0.15, 0.2) is 0 Å². The summed E-state index contributed by atoms with van der Waals surface area (Å²) in [6, 6.07) is 8.26. The molecule has 1 heterocycles. The first-order valence-corrected chi connectivity index (χ1v) is 6.68. The first-order chi connectivity index (χ1) is 8.11. The van der Waals surface area contributed by atoms with Crippen molar-refractivity contribution in [3.8, 4) is 0 Å². The van der Waals surface area contributed by atoms with E-state index >= 15 is 0 Å². The standard InChI is InChI=1S/C15H24N2/c1-3-15(2)7-9-17(10-8-15)12-13-5-4-6-14(16)11-13/h4-6,11H,3,7-10,12,16H2,1-2H3. The molecular weight excluding hydrogens is 208 g/mol. The van der Waals surface area contributed by atoms with Gasteiger partial charge in [-0.3, -0.25) is 4.90 Å². The van der Waals surface area contributed by atoms with Crippen LogP contribution in [0, 0.1) is 5.41 Å². The zero-order valence-corrected chi connectivity index (χ0v) is 11.1. The number of benzene rings is 1. The number of rotatable bonds is 3. The summed E-state index contributed by atoms with van der Waals surface area (Å²) in [5, 5.41) is 0. The predicted molar refractivity (Wildman–Crippen MR) is 73.8 cm³/mol. The van der Waals surface area contributed by atoms with Gasteiger partial charge in [-0.15, -0.1) is 0 Å². The maximum atomic E-state index is 5.81. The van der Waals surface area contributed by atoms with Crippen molar-refractivity contribution in [1.82, 2.24) is 4.90 Å². The van der Waals surface area contributed by atoms with Crippen LogP contribution in [0.15, 0.2) is 24.3 Å². The number of hydrogen-bond donors (Lipinski definition) is 1. The second-order valence-electron chi connectivity index (χ2n) is 5.69. The number of likely N-dealkylation sites (tertiary alicyclic amines) is 1. The molecule has 1 fully saturated rings. The van der Waals surface area contributed by atoms with Gasteiger partial charge in [0.05, 0.1) is 0 Å². The highest BCUT2D eigenvalue weighted by Gasteiger charge is 2.27. The second kappa shape index (κ2) is 5.09. The first kappa shape index (κ1) is 12.4. The van der Waals surface area contributed by atoms with Crippen molar-refractivity contribution in [2.75, 3.05) is 18.8 Å². The fraction of sp³-hybridized carbons (Fsp3) is 0.600. The number of nitrogen functional groups attached to an aromatic ring is 1. The average Bonchev–Trinajstić information content (AvgIpc) is 2.33. The Morgan fingerprint density at radius 3 is 2.59 bits per heavy atom. The van der Waals surface area contributed by atoms with Crippen LogP contribution in [0.2, 0.25) is 0 Å². The quantitative estimate of drug-likeness (QED) is 0.810. The Morgan fingerprint density at radius 1 is 1.29 bits per heavy atom. The van der Waals surface area contributed by atoms with Crippen LogP contribution in [0.1, 0.15) is 38.7 Å². The summed E-state index contributed by atoms with van der Waals surface area (Å²) in [6.07, 6.45) is 3.96. The largest absolute Gasteiger partial charge is 0.399 e. The average molecular weight is 232 g/mol. The van der Waals surface area contributed by atoms with Gasteiger partial charge >= 0.3 is 0 Å². The molecule has 0 spiro atoms. The van der Waals surface area contributed by atoms with Gasteiger partial charge in [0.2, 0.25) is 0 Å². The summed E-state index contributed by atoms with van der Waals surface area (Å²) in [5.41, 5.74) is 8.60. The van der Waals surface area contributed by atoms with Gasteiger partial charge in [-0.25, -0.2) is 0 Å². The SMILES string of the molecule is CCC1(C)CCN(Cc2cccc(N)c2)CC1. The van der Waals surface area contributed by atoms with Crippen LogP contribution in [0.25, 0.3) is 0 Å². The van der Waals surface area contributed by atoms with Crippen molar-refractivity contribution in [3.05, 3.63) is 29.8 Å². The number of hydrogen-bond acceptors (Lipinski definition) is 2. The van der Waals surface area contributed by atoms with Gasteiger partial charge in [0, 0.05) is 12.2 Å². The minimum atomic E-state index is 0.576. The lowest BCUT2D eigenvalue weighted by atomic mass is 9.78. The molecule has 2 rings (SSSR count). The fourth-order valence-corrected chi connectivity index (χ4v) is 2.55. The molecule has 2 heteroatoms. The summed E-state index contributed by atoms with van der Waals surface area (Å²) in [7, 11) is 0. The molecule has 0 aromatic heterocycles.